The van der Waals surface area contributed by atoms with Crippen molar-refractivity contribution in [3.8, 4) is 0 Å². The number of hydrogen-bond donors (Lipinski definition) is 1. The first-order chi connectivity index (χ1) is 4.24. The Hall–Kier alpha value is 0.660. The number of aliphatic hydroxyl groups excluding tert-OH is 1. The lowest BCUT2D eigenvalue weighted by molar-refractivity contribution is 0.272. The summed E-state index contributed by atoms with van der Waals surface area (Å²) >= 11 is 6.54. The van der Waals surface area contributed by atoms with Crippen LogP contribution in [0.4, 0.5) is 0 Å². The highest BCUT2D eigenvalue weighted by molar-refractivity contribution is 9.28. The van der Waals surface area contributed by atoms with Gasteiger partial charge in [0.15, 0.2) is 0 Å². The predicted molar refractivity (Wildman–Crippen MR) is 44.6 cm³/mol. The third-order valence-corrected chi connectivity index (χ3v) is 2.08. The van der Waals surface area contributed by atoms with Crippen molar-refractivity contribution < 1.29 is 5.11 Å². The average Bonchev–Trinajstić information content (AvgIpc) is 2.45. The fourth-order valence-electron chi connectivity index (χ4n) is 0.847. The third kappa shape index (κ3) is 2.40. The molecule has 3 heteroatoms. The van der Waals surface area contributed by atoms with Crippen LogP contribution in [-0.2, 0) is 0 Å². The predicted octanol–water partition coefficient (Wildman–Crippen LogP) is 2.25. The summed E-state index contributed by atoms with van der Waals surface area (Å²) in [6.07, 6.45) is 3.22. The summed E-state index contributed by atoms with van der Waals surface area (Å²) in [4.78, 5) is 0. The van der Waals surface area contributed by atoms with Crippen LogP contribution < -0.4 is 0 Å². The monoisotopic (exact) mass is 254 g/mol. The van der Waals surface area contributed by atoms with Crippen molar-refractivity contribution in [1.29, 1.82) is 0 Å². The van der Waals surface area contributed by atoms with Gasteiger partial charge in [-0.15, -0.1) is 0 Å². The molecule has 1 aliphatic carbocycles. The standard InChI is InChI=1S/C6H8Br2O/c7-6(8)2-4-1-5(4)3-9/h2,4-5,9H,1,3H2/t4-,5-/m1/s1. The molecule has 1 aliphatic rings. The molecule has 0 radical (unpaired) electrons. The summed E-state index contributed by atoms with van der Waals surface area (Å²) in [7, 11) is 0. The Morgan fingerprint density at radius 1 is 1.67 bits per heavy atom. The van der Waals surface area contributed by atoms with Gasteiger partial charge in [0.05, 0.1) is 3.39 Å². The maximum absolute atomic E-state index is 8.63. The van der Waals surface area contributed by atoms with E-state index in [0.29, 0.717) is 18.4 Å². The van der Waals surface area contributed by atoms with Gasteiger partial charge in [-0.3, -0.25) is 0 Å². The fourth-order valence-corrected chi connectivity index (χ4v) is 1.53. The maximum Gasteiger partial charge on any atom is 0.0567 e. The number of halogens is 2. The van der Waals surface area contributed by atoms with E-state index in [-0.39, 0.29) is 0 Å². The van der Waals surface area contributed by atoms with E-state index >= 15 is 0 Å². The molecule has 1 nitrogen and oxygen atoms in total. The largest absolute Gasteiger partial charge is 0.396 e. The Balaban J connectivity index is 2.27. The summed E-state index contributed by atoms with van der Waals surface area (Å²) in [5.41, 5.74) is 0. The zero-order chi connectivity index (χ0) is 6.85. The van der Waals surface area contributed by atoms with Crippen LogP contribution in [0.15, 0.2) is 9.47 Å². The van der Waals surface area contributed by atoms with Crippen molar-refractivity contribution in [2.24, 2.45) is 11.8 Å². The van der Waals surface area contributed by atoms with Gasteiger partial charge in [-0.2, -0.15) is 0 Å². The lowest BCUT2D eigenvalue weighted by atomic mass is 10.3. The van der Waals surface area contributed by atoms with Gasteiger partial charge in [0.2, 0.25) is 0 Å². The van der Waals surface area contributed by atoms with Crippen LogP contribution in [-0.4, -0.2) is 11.7 Å². The molecule has 1 saturated carbocycles. The van der Waals surface area contributed by atoms with E-state index in [2.05, 4.69) is 37.9 Å². The first kappa shape index (κ1) is 7.76. The van der Waals surface area contributed by atoms with Crippen LogP contribution in [0, 0.1) is 11.8 Å². The Morgan fingerprint density at radius 3 is 2.67 bits per heavy atom. The van der Waals surface area contributed by atoms with Gasteiger partial charge in [-0.05, 0) is 50.1 Å². The van der Waals surface area contributed by atoms with Gasteiger partial charge in [0, 0.05) is 6.61 Å². The SMILES string of the molecule is OC[C@H]1C[C@@H]1C=C(Br)Br. The van der Waals surface area contributed by atoms with Gasteiger partial charge in [0.1, 0.15) is 0 Å². The Kier molecular flexibility index (Phi) is 2.73. The molecule has 0 aromatic carbocycles. The molecule has 0 bridgehead atoms. The minimum atomic E-state index is 0.328. The van der Waals surface area contributed by atoms with Crippen LogP contribution in [0.5, 0.6) is 0 Å². The van der Waals surface area contributed by atoms with Crippen LogP contribution in [0.3, 0.4) is 0 Å². The number of rotatable bonds is 2. The van der Waals surface area contributed by atoms with E-state index in [1.54, 1.807) is 0 Å². The zero-order valence-electron chi connectivity index (χ0n) is 4.85. The number of allylic oxidation sites excluding steroid dienone is 1. The molecular weight excluding hydrogens is 248 g/mol. The van der Waals surface area contributed by atoms with Gasteiger partial charge < -0.3 is 5.11 Å². The molecule has 0 unspecified atom stereocenters. The highest BCUT2D eigenvalue weighted by Crippen LogP contribution is 2.40. The van der Waals surface area contributed by atoms with E-state index in [9.17, 15) is 0 Å². The maximum atomic E-state index is 8.63. The summed E-state index contributed by atoms with van der Waals surface area (Å²) in [6.45, 7) is 0.328. The second kappa shape index (κ2) is 3.17. The molecule has 0 spiro atoms. The molecule has 0 heterocycles. The highest BCUT2D eigenvalue weighted by Gasteiger charge is 2.34. The normalized spacial score (nSPS) is 31.9. The van der Waals surface area contributed by atoms with Crippen LogP contribution in [0.25, 0.3) is 0 Å². The van der Waals surface area contributed by atoms with E-state index in [1.807, 2.05) is 0 Å². The van der Waals surface area contributed by atoms with E-state index in [4.69, 9.17) is 5.11 Å². The highest BCUT2D eigenvalue weighted by atomic mass is 79.9. The van der Waals surface area contributed by atoms with E-state index in [0.717, 1.165) is 9.81 Å². The summed E-state index contributed by atoms with van der Waals surface area (Å²) in [6, 6.07) is 0. The average molecular weight is 256 g/mol. The molecule has 0 saturated heterocycles. The molecule has 1 fully saturated rings. The Morgan fingerprint density at radius 2 is 2.33 bits per heavy atom. The molecule has 0 amide bonds. The van der Waals surface area contributed by atoms with E-state index in [1.165, 1.54) is 0 Å². The molecule has 1 rings (SSSR count). The summed E-state index contributed by atoms with van der Waals surface area (Å²) < 4.78 is 0.996. The lowest BCUT2D eigenvalue weighted by Crippen LogP contribution is -1.85. The number of hydrogen-bond acceptors (Lipinski definition) is 1. The smallest absolute Gasteiger partial charge is 0.0567 e. The zero-order valence-corrected chi connectivity index (χ0v) is 8.02. The molecule has 0 aromatic rings. The number of aliphatic hydroxyl groups is 1. The minimum absolute atomic E-state index is 0.328. The second-order valence-electron chi connectivity index (χ2n) is 2.30. The van der Waals surface area contributed by atoms with Gasteiger partial charge >= 0.3 is 0 Å². The lowest BCUT2D eigenvalue weighted by Gasteiger charge is -1.85. The Labute approximate surface area is 71.4 Å². The second-order valence-corrected chi connectivity index (χ2v) is 5.07. The molecule has 2 atom stereocenters. The third-order valence-electron chi connectivity index (χ3n) is 1.55. The molecule has 0 aliphatic heterocycles. The van der Waals surface area contributed by atoms with Gasteiger partial charge in [-0.1, -0.05) is 6.08 Å². The fraction of sp³-hybridized carbons (Fsp3) is 0.667. The van der Waals surface area contributed by atoms with E-state index < -0.39 is 0 Å². The topological polar surface area (TPSA) is 20.2 Å². The van der Waals surface area contributed by atoms with Crippen molar-refractivity contribution in [3.05, 3.63) is 9.47 Å². The van der Waals surface area contributed by atoms with Crippen molar-refractivity contribution in [1.82, 2.24) is 0 Å². The first-order valence-electron chi connectivity index (χ1n) is 2.87. The van der Waals surface area contributed by atoms with Crippen molar-refractivity contribution in [3.63, 3.8) is 0 Å². The van der Waals surface area contributed by atoms with Crippen LogP contribution in [0.2, 0.25) is 0 Å². The van der Waals surface area contributed by atoms with Gasteiger partial charge in [0.25, 0.3) is 0 Å². The molecular formula is C6H8Br2O. The summed E-state index contributed by atoms with van der Waals surface area (Å²) in [5.74, 6) is 1.12. The quantitative estimate of drug-likeness (QED) is 0.803. The molecule has 0 aromatic heterocycles. The van der Waals surface area contributed by atoms with Crippen molar-refractivity contribution in [2.75, 3.05) is 6.61 Å². The van der Waals surface area contributed by atoms with Crippen LogP contribution >= 0.6 is 31.9 Å². The van der Waals surface area contributed by atoms with Crippen molar-refractivity contribution in [2.45, 2.75) is 6.42 Å². The summed E-state index contributed by atoms with van der Waals surface area (Å²) in [5, 5.41) is 8.63. The molecule has 9 heavy (non-hydrogen) atoms. The Bertz CT molecular complexity index is 129. The van der Waals surface area contributed by atoms with Crippen LogP contribution in [0.1, 0.15) is 6.42 Å². The first-order valence-corrected chi connectivity index (χ1v) is 4.46. The molecule has 52 valence electrons. The van der Waals surface area contributed by atoms with Crippen molar-refractivity contribution >= 4 is 31.9 Å². The molecule has 1 N–H and O–H groups in total. The van der Waals surface area contributed by atoms with Gasteiger partial charge in [-0.25, -0.2) is 0 Å². The minimum Gasteiger partial charge on any atom is -0.396 e.